The molecular weight excluding hydrogens is 388 g/mol. The molecule has 0 aromatic heterocycles. The largest absolute Gasteiger partial charge is 0.489 e. The van der Waals surface area contributed by atoms with Crippen LogP contribution in [0.2, 0.25) is 0 Å². The lowest BCUT2D eigenvalue weighted by Gasteiger charge is -2.31. The second-order valence-electron chi connectivity index (χ2n) is 7.15. The summed E-state index contributed by atoms with van der Waals surface area (Å²) in [4.78, 5) is 14.3. The highest BCUT2D eigenvalue weighted by atomic mass is 19.1. The van der Waals surface area contributed by atoms with Crippen molar-refractivity contribution in [3.05, 3.63) is 88.5 Å². The van der Waals surface area contributed by atoms with Crippen molar-refractivity contribution < 1.29 is 18.3 Å². The van der Waals surface area contributed by atoms with Gasteiger partial charge in [-0.05, 0) is 47.9 Å². The normalized spacial score (nSPS) is 13.1. The lowest BCUT2D eigenvalue weighted by atomic mass is 10.1. The minimum atomic E-state index is -0.661. The van der Waals surface area contributed by atoms with Crippen molar-refractivity contribution in [2.45, 2.75) is 26.6 Å². The van der Waals surface area contributed by atoms with Crippen LogP contribution in [-0.2, 0) is 19.7 Å². The molecule has 0 saturated carbocycles. The smallest absolute Gasteiger partial charge is 0.326 e. The Morgan fingerprint density at radius 3 is 2.60 bits per heavy atom. The zero-order valence-corrected chi connectivity index (χ0v) is 16.4. The van der Waals surface area contributed by atoms with Crippen LogP contribution in [0.3, 0.4) is 0 Å². The van der Waals surface area contributed by atoms with Gasteiger partial charge in [-0.1, -0.05) is 24.3 Å². The van der Waals surface area contributed by atoms with E-state index >= 15 is 0 Å². The van der Waals surface area contributed by atoms with Gasteiger partial charge in [0, 0.05) is 18.3 Å². The molecular formula is C23H21F2N3O2. The summed E-state index contributed by atoms with van der Waals surface area (Å²) in [7, 11) is 0. The number of amides is 2. The highest BCUT2D eigenvalue weighted by Gasteiger charge is 2.25. The Balaban J connectivity index is 1.58. The van der Waals surface area contributed by atoms with Gasteiger partial charge in [-0.15, -0.1) is 0 Å². The summed E-state index contributed by atoms with van der Waals surface area (Å²) in [6.45, 7) is 2.42. The Bertz CT molecular complexity index is 1100. The highest BCUT2D eigenvalue weighted by Crippen LogP contribution is 2.32. The fraction of sp³-hybridized carbons (Fsp3) is 0.174. The second kappa shape index (κ2) is 8.12. The number of rotatable bonds is 5. The third-order valence-electron chi connectivity index (χ3n) is 5.14. The summed E-state index contributed by atoms with van der Waals surface area (Å²) in [5, 5.41) is 2.89. The third kappa shape index (κ3) is 3.84. The van der Waals surface area contributed by atoms with Gasteiger partial charge in [-0.2, -0.15) is 0 Å². The average molecular weight is 409 g/mol. The monoisotopic (exact) mass is 409 g/mol. The molecule has 0 radical (unpaired) electrons. The molecule has 0 aliphatic carbocycles. The van der Waals surface area contributed by atoms with Gasteiger partial charge in [0.15, 0.2) is 0 Å². The van der Waals surface area contributed by atoms with E-state index in [4.69, 9.17) is 10.5 Å². The standard InChI is InChI=1S/C23H21F2N3O2/c1-14-5-8-17(30-13-18-19(24)3-2-4-20(18)25)10-22(14)28-12-16-7-6-15(11-26)9-21(16)27-23(28)29/h2-10H,11-13,26H2,1H3,(H,27,29). The molecule has 30 heavy (non-hydrogen) atoms. The number of nitrogens with zero attached hydrogens (tertiary/aromatic N) is 1. The van der Waals surface area contributed by atoms with Gasteiger partial charge < -0.3 is 15.8 Å². The maximum atomic E-state index is 13.8. The number of ether oxygens (including phenoxy) is 1. The summed E-state index contributed by atoms with van der Waals surface area (Å²) in [5.41, 5.74) is 9.72. The van der Waals surface area contributed by atoms with Crippen molar-refractivity contribution in [3.8, 4) is 5.75 Å². The van der Waals surface area contributed by atoms with Crippen LogP contribution in [0.5, 0.6) is 5.75 Å². The molecule has 0 fully saturated rings. The Morgan fingerprint density at radius 2 is 1.87 bits per heavy atom. The molecule has 1 heterocycles. The summed E-state index contributed by atoms with van der Waals surface area (Å²) in [6, 6.07) is 14.4. The number of nitrogens with two attached hydrogens (primary N) is 1. The maximum Gasteiger partial charge on any atom is 0.326 e. The fourth-order valence-corrected chi connectivity index (χ4v) is 3.42. The predicted molar refractivity (Wildman–Crippen MR) is 111 cm³/mol. The van der Waals surface area contributed by atoms with Crippen LogP contribution >= 0.6 is 0 Å². The van der Waals surface area contributed by atoms with Gasteiger partial charge in [0.05, 0.1) is 17.8 Å². The number of fused-ring (bicyclic) bond motifs is 1. The molecule has 3 aromatic carbocycles. The number of hydrogen-bond acceptors (Lipinski definition) is 3. The quantitative estimate of drug-likeness (QED) is 0.632. The number of urea groups is 1. The summed E-state index contributed by atoms with van der Waals surface area (Å²) in [5.74, 6) is -0.910. The number of nitrogens with one attached hydrogen (secondary N) is 1. The Morgan fingerprint density at radius 1 is 1.10 bits per heavy atom. The first-order chi connectivity index (χ1) is 14.5. The molecule has 0 spiro atoms. The number of hydrogen-bond donors (Lipinski definition) is 2. The summed E-state index contributed by atoms with van der Waals surface area (Å²) in [6.07, 6.45) is 0. The Hall–Kier alpha value is -3.45. The number of anilines is 2. The Labute approximate surface area is 173 Å². The molecule has 0 unspecified atom stereocenters. The van der Waals surface area contributed by atoms with Crippen LogP contribution in [0.1, 0.15) is 22.3 Å². The van der Waals surface area contributed by atoms with Crippen LogP contribution in [0.4, 0.5) is 25.0 Å². The van der Waals surface area contributed by atoms with Crippen LogP contribution in [0.25, 0.3) is 0 Å². The van der Waals surface area contributed by atoms with Gasteiger partial charge in [-0.3, -0.25) is 4.90 Å². The number of aryl methyl sites for hydroxylation is 1. The number of carbonyl (C=O) groups is 1. The van der Waals surface area contributed by atoms with Crippen molar-refractivity contribution in [1.82, 2.24) is 0 Å². The van der Waals surface area contributed by atoms with Crippen LogP contribution in [-0.4, -0.2) is 6.03 Å². The van der Waals surface area contributed by atoms with E-state index < -0.39 is 11.6 Å². The zero-order valence-electron chi connectivity index (χ0n) is 16.4. The molecule has 7 heteroatoms. The number of carbonyl (C=O) groups excluding carboxylic acids is 1. The van der Waals surface area contributed by atoms with Crippen molar-refractivity contribution in [3.63, 3.8) is 0 Å². The zero-order chi connectivity index (χ0) is 21.3. The van der Waals surface area contributed by atoms with E-state index in [1.165, 1.54) is 18.2 Å². The lowest BCUT2D eigenvalue weighted by Crippen LogP contribution is -2.39. The van der Waals surface area contributed by atoms with E-state index in [1.54, 1.807) is 17.0 Å². The molecule has 1 aliphatic heterocycles. The van der Waals surface area contributed by atoms with E-state index in [9.17, 15) is 13.6 Å². The van der Waals surface area contributed by atoms with E-state index in [0.717, 1.165) is 22.4 Å². The molecule has 0 bridgehead atoms. The average Bonchev–Trinajstić information content (AvgIpc) is 2.73. The molecule has 154 valence electrons. The predicted octanol–water partition coefficient (Wildman–Crippen LogP) is 4.86. The van der Waals surface area contributed by atoms with Crippen LogP contribution in [0, 0.1) is 18.6 Å². The van der Waals surface area contributed by atoms with E-state index in [2.05, 4.69) is 5.32 Å². The fourth-order valence-electron chi connectivity index (χ4n) is 3.42. The molecule has 1 aliphatic rings. The molecule has 3 aromatic rings. The second-order valence-corrected chi connectivity index (χ2v) is 7.15. The van der Waals surface area contributed by atoms with Crippen molar-refractivity contribution >= 4 is 17.4 Å². The number of halogens is 2. The third-order valence-corrected chi connectivity index (χ3v) is 5.14. The van der Waals surface area contributed by atoms with E-state index in [0.29, 0.717) is 24.5 Å². The van der Waals surface area contributed by atoms with Crippen molar-refractivity contribution in [1.29, 1.82) is 0 Å². The molecule has 5 nitrogen and oxygen atoms in total. The minimum Gasteiger partial charge on any atom is -0.489 e. The Kier molecular flexibility index (Phi) is 5.37. The van der Waals surface area contributed by atoms with Gasteiger partial charge in [0.2, 0.25) is 0 Å². The topological polar surface area (TPSA) is 67.6 Å². The molecule has 0 saturated heterocycles. The molecule has 4 rings (SSSR count). The lowest BCUT2D eigenvalue weighted by molar-refractivity contribution is 0.256. The first-order valence-electron chi connectivity index (χ1n) is 9.53. The van der Waals surface area contributed by atoms with Crippen LogP contribution < -0.4 is 20.7 Å². The van der Waals surface area contributed by atoms with E-state index in [-0.39, 0.29) is 18.2 Å². The van der Waals surface area contributed by atoms with Gasteiger partial charge in [0.1, 0.15) is 24.0 Å². The van der Waals surface area contributed by atoms with Crippen molar-refractivity contribution in [2.24, 2.45) is 5.73 Å². The minimum absolute atomic E-state index is 0.139. The first-order valence-corrected chi connectivity index (χ1v) is 9.53. The van der Waals surface area contributed by atoms with E-state index in [1.807, 2.05) is 31.2 Å². The first kappa shape index (κ1) is 19.8. The van der Waals surface area contributed by atoms with Crippen LogP contribution in [0.15, 0.2) is 54.6 Å². The SMILES string of the molecule is Cc1ccc(OCc2c(F)cccc2F)cc1N1Cc2ccc(CN)cc2NC1=O. The molecule has 2 amide bonds. The highest BCUT2D eigenvalue weighted by molar-refractivity contribution is 6.04. The van der Waals surface area contributed by atoms with Gasteiger partial charge in [-0.25, -0.2) is 13.6 Å². The molecule has 3 N–H and O–H groups in total. The number of benzene rings is 3. The van der Waals surface area contributed by atoms with Gasteiger partial charge >= 0.3 is 6.03 Å². The summed E-state index contributed by atoms with van der Waals surface area (Å²) < 4.78 is 33.3. The molecule has 0 atom stereocenters. The van der Waals surface area contributed by atoms with Crippen molar-refractivity contribution in [2.75, 3.05) is 10.2 Å². The van der Waals surface area contributed by atoms with Gasteiger partial charge in [0.25, 0.3) is 0 Å². The maximum absolute atomic E-state index is 13.8. The summed E-state index contributed by atoms with van der Waals surface area (Å²) >= 11 is 0.